The largest absolute Gasteiger partial charge is 0.497 e. The molecule has 3 aromatic rings. The molecule has 6 nitrogen and oxygen atoms in total. The molecule has 0 aliphatic carbocycles. The van der Waals surface area contributed by atoms with Crippen molar-refractivity contribution in [3.63, 3.8) is 0 Å². The van der Waals surface area contributed by atoms with Crippen molar-refractivity contribution in [2.75, 3.05) is 12.4 Å². The molecule has 2 N–H and O–H groups in total. The van der Waals surface area contributed by atoms with Crippen molar-refractivity contribution in [2.24, 2.45) is 0 Å². The molecule has 0 atom stereocenters. The lowest BCUT2D eigenvalue weighted by molar-refractivity contribution is 0.102. The number of aromatic amines is 1. The molecule has 1 amide bonds. The van der Waals surface area contributed by atoms with Crippen molar-refractivity contribution < 1.29 is 9.53 Å². The fraction of sp³-hybridized carbons (Fsp3) is 0.0625. The van der Waals surface area contributed by atoms with Crippen molar-refractivity contribution in [1.29, 1.82) is 0 Å². The fourth-order valence-corrected chi connectivity index (χ4v) is 2.10. The molecule has 0 aliphatic rings. The second-order valence-corrected chi connectivity index (χ2v) is 5.13. The highest BCUT2D eigenvalue weighted by molar-refractivity contribution is 6.30. The normalized spacial score (nSPS) is 10.3. The summed E-state index contributed by atoms with van der Waals surface area (Å²) in [4.78, 5) is 16.3. The molecule has 116 valence electrons. The van der Waals surface area contributed by atoms with Crippen LogP contribution in [-0.4, -0.2) is 28.2 Å². The number of ether oxygens (including phenoxy) is 1. The Hall–Kier alpha value is -2.86. The minimum absolute atomic E-state index is 0.204. The summed E-state index contributed by atoms with van der Waals surface area (Å²) in [5.74, 6) is 1.21. The molecular weight excluding hydrogens is 316 g/mol. The molecule has 2 aromatic carbocycles. The Morgan fingerprint density at radius 1 is 1.13 bits per heavy atom. The van der Waals surface area contributed by atoms with Crippen LogP contribution in [0.1, 0.15) is 10.4 Å². The van der Waals surface area contributed by atoms with Crippen LogP contribution in [0, 0.1) is 0 Å². The molecule has 1 aromatic heterocycles. The van der Waals surface area contributed by atoms with Crippen LogP contribution in [0.15, 0.2) is 48.5 Å². The van der Waals surface area contributed by atoms with Crippen molar-refractivity contribution >= 4 is 23.5 Å². The van der Waals surface area contributed by atoms with E-state index in [1.54, 1.807) is 31.4 Å². The van der Waals surface area contributed by atoms with Gasteiger partial charge in [-0.05, 0) is 48.5 Å². The van der Waals surface area contributed by atoms with Crippen molar-refractivity contribution in [2.45, 2.75) is 0 Å². The van der Waals surface area contributed by atoms with E-state index in [0.29, 0.717) is 16.4 Å². The third-order valence-electron chi connectivity index (χ3n) is 3.18. The van der Waals surface area contributed by atoms with E-state index in [1.807, 2.05) is 24.3 Å². The Labute approximate surface area is 137 Å². The van der Waals surface area contributed by atoms with Crippen molar-refractivity contribution in [1.82, 2.24) is 15.2 Å². The number of benzene rings is 2. The SMILES string of the molecule is COc1ccc(-c2nc(NC(=O)c3ccc(Cl)cc3)n[nH]2)cc1. The number of methoxy groups -OCH3 is 1. The number of nitrogens with one attached hydrogen (secondary N) is 2. The summed E-state index contributed by atoms with van der Waals surface area (Å²) >= 11 is 5.80. The first-order valence-corrected chi connectivity index (χ1v) is 7.17. The molecule has 0 fully saturated rings. The van der Waals surface area contributed by atoms with Crippen LogP contribution < -0.4 is 10.1 Å². The summed E-state index contributed by atoms with van der Waals surface area (Å²) in [5.41, 5.74) is 1.32. The van der Waals surface area contributed by atoms with Gasteiger partial charge in [0.25, 0.3) is 5.91 Å². The maximum absolute atomic E-state index is 12.1. The number of halogens is 1. The molecule has 1 heterocycles. The second kappa shape index (κ2) is 6.50. The Morgan fingerprint density at radius 2 is 1.83 bits per heavy atom. The van der Waals surface area contributed by atoms with E-state index in [4.69, 9.17) is 16.3 Å². The smallest absolute Gasteiger partial charge is 0.258 e. The number of H-pyrrole nitrogens is 1. The number of carbonyl (C=O) groups is 1. The van der Waals surface area contributed by atoms with Crippen LogP contribution in [0.2, 0.25) is 5.02 Å². The van der Waals surface area contributed by atoms with Gasteiger partial charge in [-0.25, -0.2) is 0 Å². The highest BCUT2D eigenvalue weighted by atomic mass is 35.5. The second-order valence-electron chi connectivity index (χ2n) is 4.70. The minimum Gasteiger partial charge on any atom is -0.497 e. The van der Waals surface area contributed by atoms with E-state index in [9.17, 15) is 4.79 Å². The lowest BCUT2D eigenvalue weighted by Crippen LogP contribution is -2.12. The lowest BCUT2D eigenvalue weighted by Gasteiger charge is -2.01. The number of anilines is 1. The molecule has 0 saturated carbocycles. The van der Waals surface area contributed by atoms with Gasteiger partial charge in [-0.2, -0.15) is 4.98 Å². The zero-order valence-corrected chi connectivity index (χ0v) is 13.0. The van der Waals surface area contributed by atoms with E-state index < -0.39 is 0 Å². The van der Waals surface area contributed by atoms with Crippen LogP contribution in [0.5, 0.6) is 5.75 Å². The Morgan fingerprint density at radius 3 is 2.48 bits per heavy atom. The summed E-state index contributed by atoms with van der Waals surface area (Å²) in [6.45, 7) is 0. The average Bonchev–Trinajstić information content (AvgIpc) is 3.04. The van der Waals surface area contributed by atoms with E-state index in [1.165, 1.54) is 0 Å². The molecule has 7 heteroatoms. The quantitative estimate of drug-likeness (QED) is 0.769. The third kappa shape index (κ3) is 3.49. The van der Waals surface area contributed by atoms with E-state index in [-0.39, 0.29) is 11.9 Å². The highest BCUT2D eigenvalue weighted by Crippen LogP contribution is 2.20. The summed E-state index contributed by atoms with van der Waals surface area (Å²) in [7, 11) is 1.61. The molecule has 0 bridgehead atoms. The Balaban J connectivity index is 1.73. The topological polar surface area (TPSA) is 79.9 Å². The number of amides is 1. The Bertz CT molecular complexity index is 813. The van der Waals surface area contributed by atoms with Gasteiger partial charge >= 0.3 is 0 Å². The zero-order valence-electron chi connectivity index (χ0n) is 12.2. The average molecular weight is 329 g/mol. The van der Waals surface area contributed by atoms with Gasteiger partial charge in [-0.15, -0.1) is 5.10 Å². The first kappa shape index (κ1) is 15.1. The van der Waals surface area contributed by atoms with Gasteiger partial charge in [0.05, 0.1) is 7.11 Å². The van der Waals surface area contributed by atoms with Crippen LogP contribution >= 0.6 is 11.6 Å². The molecule has 0 unspecified atom stereocenters. The predicted octanol–water partition coefficient (Wildman–Crippen LogP) is 3.39. The van der Waals surface area contributed by atoms with Crippen LogP contribution in [0.25, 0.3) is 11.4 Å². The highest BCUT2D eigenvalue weighted by Gasteiger charge is 2.10. The number of hydrogen-bond donors (Lipinski definition) is 2. The monoisotopic (exact) mass is 328 g/mol. The number of nitrogens with zero attached hydrogens (tertiary/aromatic N) is 2. The molecular formula is C16H13ClN4O2. The number of rotatable bonds is 4. The molecule has 0 radical (unpaired) electrons. The number of carbonyl (C=O) groups excluding carboxylic acids is 1. The first-order chi connectivity index (χ1) is 11.2. The van der Waals surface area contributed by atoms with Gasteiger partial charge in [-0.1, -0.05) is 11.6 Å². The van der Waals surface area contributed by atoms with Crippen LogP contribution in [-0.2, 0) is 0 Å². The van der Waals surface area contributed by atoms with Crippen LogP contribution in [0.3, 0.4) is 0 Å². The van der Waals surface area contributed by atoms with Crippen molar-refractivity contribution in [3.8, 4) is 17.1 Å². The van der Waals surface area contributed by atoms with Gasteiger partial charge in [0.1, 0.15) is 5.75 Å². The molecule has 23 heavy (non-hydrogen) atoms. The summed E-state index contributed by atoms with van der Waals surface area (Å²) in [6.07, 6.45) is 0. The third-order valence-corrected chi connectivity index (χ3v) is 3.43. The molecule has 0 saturated heterocycles. The zero-order chi connectivity index (χ0) is 16.2. The molecule has 0 spiro atoms. The van der Waals surface area contributed by atoms with Gasteiger partial charge < -0.3 is 4.74 Å². The Kier molecular flexibility index (Phi) is 4.25. The molecule has 3 rings (SSSR count). The van der Waals surface area contributed by atoms with Gasteiger partial charge in [0.2, 0.25) is 5.95 Å². The van der Waals surface area contributed by atoms with E-state index in [2.05, 4.69) is 20.5 Å². The standard InChI is InChI=1S/C16H13ClN4O2/c1-23-13-8-4-10(5-9-13)14-18-16(21-20-14)19-15(22)11-2-6-12(17)7-3-11/h2-9H,1H3,(H2,18,19,20,21,22). The fourth-order valence-electron chi connectivity index (χ4n) is 1.97. The van der Waals surface area contributed by atoms with Crippen molar-refractivity contribution in [3.05, 3.63) is 59.1 Å². The van der Waals surface area contributed by atoms with E-state index in [0.717, 1.165) is 11.3 Å². The summed E-state index contributed by atoms with van der Waals surface area (Å²) in [5, 5.41) is 9.98. The van der Waals surface area contributed by atoms with Gasteiger partial charge in [0.15, 0.2) is 5.82 Å². The summed E-state index contributed by atoms with van der Waals surface area (Å²) in [6, 6.07) is 13.9. The maximum atomic E-state index is 12.1. The van der Waals surface area contributed by atoms with Gasteiger partial charge in [-0.3, -0.25) is 15.2 Å². The molecule has 0 aliphatic heterocycles. The summed E-state index contributed by atoms with van der Waals surface area (Å²) < 4.78 is 5.11. The number of hydrogen-bond acceptors (Lipinski definition) is 4. The maximum Gasteiger partial charge on any atom is 0.258 e. The van der Waals surface area contributed by atoms with E-state index >= 15 is 0 Å². The predicted molar refractivity (Wildman–Crippen MR) is 87.8 cm³/mol. The van der Waals surface area contributed by atoms with Gasteiger partial charge in [0, 0.05) is 16.1 Å². The minimum atomic E-state index is -0.304. The number of aromatic nitrogens is 3. The van der Waals surface area contributed by atoms with Crippen LogP contribution in [0.4, 0.5) is 5.95 Å². The first-order valence-electron chi connectivity index (χ1n) is 6.79. The lowest BCUT2D eigenvalue weighted by atomic mass is 10.2.